The van der Waals surface area contributed by atoms with E-state index >= 15 is 0 Å². The summed E-state index contributed by atoms with van der Waals surface area (Å²) in [6, 6.07) is 5.38. The highest BCUT2D eigenvalue weighted by Crippen LogP contribution is 2.25. The van der Waals surface area contributed by atoms with Crippen LogP contribution in [0.15, 0.2) is 36.8 Å². The fraction of sp³-hybridized carbons (Fsp3) is 0.167. The van der Waals surface area contributed by atoms with E-state index in [2.05, 4.69) is 15.4 Å². The molecule has 0 saturated carbocycles. The Hall–Kier alpha value is -1.98. The first kappa shape index (κ1) is 11.5. The highest BCUT2D eigenvalue weighted by atomic mass is 15.2. The van der Waals surface area contributed by atoms with Crippen LogP contribution in [0.2, 0.25) is 0 Å². The largest absolute Gasteiger partial charge is 0.398 e. The molecule has 2 heterocycles. The quantitative estimate of drug-likeness (QED) is 0.538. The Morgan fingerprint density at radius 3 is 2.76 bits per heavy atom. The molecule has 1 atom stereocenters. The molecule has 0 radical (unpaired) electrons. The molecule has 0 spiro atoms. The maximum atomic E-state index is 5.92. The lowest BCUT2D eigenvalue weighted by Crippen LogP contribution is -2.30. The molecule has 2 aromatic rings. The van der Waals surface area contributed by atoms with E-state index in [1.54, 1.807) is 24.7 Å². The van der Waals surface area contributed by atoms with Crippen LogP contribution in [-0.2, 0) is 0 Å². The Kier molecular flexibility index (Phi) is 3.32. The van der Waals surface area contributed by atoms with Gasteiger partial charge in [-0.25, -0.2) is 5.43 Å². The lowest BCUT2D eigenvalue weighted by Gasteiger charge is -2.18. The molecule has 0 aliphatic heterocycles. The van der Waals surface area contributed by atoms with E-state index in [1.807, 2.05) is 19.1 Å². The van der Waals surface area contributed by atoms with Crippen LogP contribution in [0.1, 0.15) is 22.9 Å². The number of hydrogen-bond acceptors (Lipinski definition) is 5. The average Bonchev–Trinajstić information content (AvgIpc) is 2.34. The lowest BCUT2D eigenvalue weighted by atomic mass is 10.0. The van der Waals surface area contributed by atoms with Crippen molar-refractivity contribution in [1.82, 2.24) is 15.4 Å². The van der Waals surface area contributed by atoms with Crippen molar-refractivity contribution in [2.24, 2.45) is 5.84 Å². The fourth-order valence-electron chi connectivity index (χ4n) is 1.77. The molecule has 0 aliphatic carbocycles. The van der Waals surface area contributed by atoms with Crippen molar-refractivity contribution >= 4 is 5.69 Å². The van der Waals surface area contributed by atoms with E-state index in [1.165, 1.54) is 0 Å². The minimum absolute atomic E-state index is 0.245. The van der Waals surface area contributed by atoms with Crippen molar-refractivity contribution in [2.75, 3.05) is 5.73 Å². The molecule has 1 unspecified atom stereocenters. The molecule has 0 amide bonds. The molecular weight excluding hydrogens is 214 g/mol. The first-order valence-electron chi connectivity index (χ1n) is 5.31. The predicted molar refractivity (Wildman–Crippen MR) is 66.8 cm³/mol. The first-order chi connectivity index (χ1) is 8.24. The zero-order valence-electron chi connectivity index (χ0n) is 9.59. The number of anilines is 1. The van der Waals surface area contributed by atoms with Crippen molar-refractivity contribution < 1.29 is 0 Å². The van der Waals surface area contributed by atoms with Crippen molar-refractivity contribution in [2.45, 2.75) is 13.0 Å². The second-order valence-corrected chi connectivity index (χ2v) is 3.81. The molecule has 0 aliphatic rings. The summed E-state index contributed by atoms with van der Waals surface area (Å²) in [6.45, 7) is 1.99. The highest BCUT2D eigenvalue weighted by molar-refractivity contribution is 5.49. The number of pyridine rings is 2. The van der Waals surface area contributed by atoms with Gasteiger partial charge in [0.25, 0.3) is 0 Å². The van der Waals surface area contributed by atoms with Crippen LogP contribution in [0.25, 0.3) is 0 Å². The third-order valence-electron chi connectivity index (χ3n) is 2.69. The molecule has 0 aromatic carbocycles. The molecule has 0 bridgehead atoms. The Labute approximate surface area is 99.9 Å². The van der Waals surface area contributed by atoms with E-state index < -0.39 is 0 Å². The van der Waals surface area contributed by atoms with Gasteiger partial charge in [-0.15, -0.1) is 0 Å². The van der Waals surface area contributed by atoms with Gasteiger partial charge in [-0.2, -0.15) is 0 Å². The van der Waals surface area contributed by atoms with Crippen LogP contribution in [0, 0.1) is 6.92 Å². The predicted octanol–water partition coefficient (Wildman–Crippen LogP) is 0.920. The number of nitrogens with two attached hydrogens (primary N) is 2. The summed E-state index contributed by atoms with van der Waals surface area (Å²) in [5, 5.41) is 0. The zero-order chi connectivity index (χ0) is 12.3. The summed E-state index contributed by atoms with van der Waals surface area (Å²) in [6.07, 6.45) is 5.09. The summed E-state index contributed by atoms with van der Waals surface area (Å²) < 4.78 is 0. The number of aromatic nitrogens is 2. The van der Waals surface area contributed by atoms with Gasteiger partial charge in [0.05, 0.1) is 11.7 Å². The molecule has 2 rings (SSSR count). The van der Waals surface area contributed by atoms with E-state index in [-0.39, 0.29) is 6.04 Å². The van der Waals surface area contributed by atoms with Gasteiger partial charge in [-0.3, -0.25) is 15.8 Å². The molecular formula is C12H15N5. The third kappa shape index (κ3) is 2.25. The third-order valence-corrected chi connectivity index (χ3v) is 2.69. The Bertz CT molecular complexity index is 466. The van der Waals surface area contributed by atoms with Crippen LogP contribution in [-0.4, -0.2) is 9.97 Å². The minimum Gasteiger partial charge on any atom is -0.398 e. The maximum Gasteiger partial charge on any atom is 0.0918 e. The molecule has 88 valence electrons. The molecule has 5 N–H and O–H groups in total. The molecule has 5 heteroatoms. The monoisotopic (exact) mass is 229 g/mol. The molecule has 17 heavy (non-hydrogen) atoms. The average molecular weight is 229 g/mol. The number of nitrogens with zero attached hydrogens (tertiary/aromatic N) is 2. The number of hydrazine groups is 1. The van der Waals surface area contributed by atoms with Gasteiger partial charge in [0.1, 0.15) is 0 Å². The SMILES string of the molecule is Cc1cccnc1C(NN)c1cnccc1N. The lowest BCUT2D eigenvalue weighted by molar-refractivity contribution is 0.616. The first-order valence-corrected chi connectivity index (χ1v) is 5.31. The van der Waals surface area contributed by atoms with Crippen molar-refractivity contribution in [3.8, 4) is 0 Å². The van der Waals surface area contributed by atoms with Gasteiger partial charge < -0.3 is 5.73 Å². The topological polar surface area (TPSA) is 89.8 Å². The van der Waals surface area contributed by atoms with Crippen molar-refractivity contribution in [3.05, 3.63) is 53.6 Å². The van der Waals surface area contributed by atoms with Crippen molar-refractivity contribution in [3.63, 3.8) is 0 Å². The van der Waals surface area contributed by atoms with Gasteiger partial charge in [0, 0.05) is 29.8 Å². The Morgan fingerprint density at radius 2 is 2.12 bits per heavy atom. The van der Waals surface area contributed by atoms with Crippen molar-refractivity contribution in [1.29, 1.82) is 0 Å². The highest BCUT2D eigenvalue weighted by Gasteiger charge is 2.18. The van der Waals surface area contributed by atoms with Gasteiger partial charge in [0.2, 0.25) is 0 Å². The minimum atomic E-state index is -0.245. The number of nitrogen functional groups attached to an aromatic ring is 1. The van der Waals surface area contributed by atoms with Gasteiger partial charge in [-0.05, 0) is 24.6 Å². The smallest absolute Gasteiger partial charge is 0.0918 e. The molecule has 5 nitrogen and oxygen atoms in total. The van der Waals surface area contributed by atoms with E-state index in [9.17, 15) is 0 Å². The number of aryl methyl sites for hydroxylation is 1. The maximum absolute atomic E-state index is 5.92. The number of nitrogens with one attached hydrogen (secondary N) is 1. The molecule has 0 fully saturated rings. The van der Waals surface area contributed by atoms with Crippen LogP contribution < -0.4 is 17.0 Å². The van der Waals surface area contributed by atoms with Crippen LogP contribution in [0.5, 0.6) is 0 Å². The second-order valence-electron chi connectivity index (χ2n) is 3.81. The van der Waals surface area contributed by atoms with Crippen LogP contribution >= 0.6 is 0 Å². The summed E-state index contributed by atoms with van der Waals surface area (Å²) >= 11 is 0. The summed E-state index contributed by atoms with van der Waals surface area (Å²) in [5.41, 5.74) is 12.0. The summed E-state index contributed by atoms with van der Waals surface area (Å²) in [5.74, 6) is 5.60. The molecule has 2 aromatic heterocycles. The van der Waals surface area contributed by atoms with E-state index in [0.717, 1.165) is 16.8 Å². The van der Waals surface area contributed by atoms with Crippen LogP contribution in [0.3, 0.4) is 0 Å². The van der Waals surface area contributed by atoms with E-state index in [4.69, 9.17) is 11.6 Å². The Balaban J connectivity index is 2.48. The van der Waals surface area contributed by atoms with Gasteiger partial charge in [-0.1, -0.05) is 6.07 Å². The summed E-state index contributed by atoms with van der Waals surface area (Å²) in [7, 11) is 0. The van der Waals surface area contributed by atoms with Gasteiger partial charge in [0.15, 0.2) is 0 Å². The number of hydrogen-bond donors (Lipinski definition) is 3. The standard InChI is InChI=1S/C12H15N5/c1-8-3-2-5-16-11(8)12(17-14)9-7-15-6-4-10(9)13/h2-7,12,17H,14H2,1H3,(H2,13,15). The second kappa shape index (κ2) is 4.90. The zero-order valence-corrected chi connectivity index (χ0v) is 9.59. The molecule has 0 saturated heterocycles. The van der Waals surface area contributed by atoms with Gasteiger partial charge >= 0.3 is 0 Å². The normalized spacial score (nSPS) is 12.4. The fourth-order valence-corrected chi connectivity index (χ4v) is 1.77. The number of rotatable bonds is 3. The van der Waals surface area contributed by atoms with E-state index in [0.29, 0.717) is 5.69 Å². The Morgan fingerprint density at radius 1 is 1.29 bits per heavy atom. The summed E-state index contributed by atoms with van der Waals surface area (Å²) in [4.78, 5) is 8.41. The van der Waals surface area contributed by atoms with Crippen LogP contribution in [0.4, 0.5) is 5.69 Å².